The summed E-state index contributed by atoms with van der Waals surface area (Å²) in [5.41, 5.74) is 0.720. The number of aromatic nitrogens is 1. The number of pyridine rings is 1. The van der Waals surface area contributed by atoms with E-state index in [1.807, 2.05) is 24.3 Å². The lowest BCUT2D eigenvalue weighted by molar-refractivity contribution is -0.577. The minimum absolute atomic E-state index is 0.720. The van der Waals surface area contributed by atoms with Crippen molar-refractivity contribution < 1.29 is 4.73 Å². The molecule has 0 atom stereocenters. The Kier molecular flexibility index (Phi) is 1.88. The summed E-state index contributed by atoms with van der Waals surface area (Å²) in [5, 5.41) is 12.2. The Morgan fingerprint density at radius 3 is 2.92 bits per heavy atom. The van der Waals surface area contributed by atoms with Gasteiger partial charge in [0.15, 0.2) is 6.20 Å². The van der Waals surface area contributed by atoms with Crippen LogP contribution < -0.4 is 4.73 Å². The molecule has 0 saturated heterocycles. The summed E-state index contributed by atoms with van der Waals surface area (Å²) < 4.78 is 2.03. The molecule has 1 heterocycles. The Morgan fingerprint density at radius 2 is 2.08 bits per heavy atom. The van der Waals surface area contributed by atoms with Gasteiger partial charge in [-0.1, -0.05) is 0 Å². The standard InChI is InChI=1S/C9H6INO/c10-8-3-4-9-7(6-8)2-1-5-11(9)12/h1-6H. The SMILES string of the molecule is [O-][n+]1cccc2cc(I)ccc21. The van der Waals surface area contributed by atoms with Gasteiger partial charge in [-0.15, -0.1) is 0 Å². The zero-order valence-corrected chi connectivity index (χ0v) is 8.36. The Balaban J connectivity index is 2.86. The smallest absolute Gasteiger partial charge is 0.223 e. The first-order valence-corrected chi connectivity index (χ1v) is 4.63. The van der Waals surface area contributed by atoms with Gasteiger partial charge in [0.25, 0.3) is 0 Å². The number of hydrogen-bond acceptors (Lipinski definition) is 1. The van der Waals surface area contributed by atoms with Crippen molar-refractivity contribution in [3.05, 3.63) is 45.3 Å². The molecular weight excluding hydrogens is 265 g/mol. The van der Waals surface area contributed by atoms with Crippen LogP contribution >= 0.6 is 22.6 Å². The Labute approximate surface area is 83.6 Å². The number of halogens is 1. The van der Waals surface area contributed by atoms with E-state index in [1.165, 1.54) is 6.20 Å². The molecule has 0 aliphatic rings. The predicted octanol–water partition coefficient (Wildman–Crippen LogP) is 2.08. The summed E-state index contributed by atoms with van der Waals surface area (Å²) >= 11 is 2.23. The lowest BCUT2D eigenvalue weighted by atomic mass is 10.2. The molecule has 0 spiro atoms. The van der Waals surface area contributed by atoms with E-state index in [2.05, 4.69) is 22.6 Å². The van der Waals surface area contributed by atoms with E-state index in [4.69, 9.17) is 0 Å². The number of benzene rings is 1. The maximum atomic E-state index is 11.2. The molecule has 12 heavy (non-hydrogen) atoms. The van der Waals surface area contributed by atoms with Crippen molar-refractivity contribution in [3.63, 3.8) is 0 Å². The van der Waals surface area contributed by atoms with Crippen LogP contribution in [0.4, 0.5) is 0 Å². The summed E-state index contributed by atoms with van der Waals surface area (Å²) in [7, 11) is 0. The number of hydrogen-bond donors (Lipinski definition) is 0. The molecule has 3 heteroatoms. The fraction of sp³-hybridized carbons (Fsp3) is 0. The second-order valence-electron chi connectivity index (χ2n) is 2.54. The van der Waals surface area contributed by atoms with Crippen molar-refractivity contribution in [3.8, 4) is 0 Å². The third kappa shape index (κ3) is 1.24. The zero-order valence-electron chi connectivity index (χ0n) is 6.20. The Bertz CT molecular complexity index is 428. The molecule has 0 aliphatic carbocycles. The molecule has 1 aromatic heterocycles. The van der Waals surface area contributed by atoms with Crippen LogP contribution in [0.3, 0.4) is 0 Å². The lowest BCUT2D eigenvalue weighted by Crippen LogP contribution is -2.25. The van der Waals surface area contributed by atoms with Crippen molar-refractivity contribution in [2.75, 3.05) is 0 Å². The van der Waals surface area contributed by atoms with Crippen LogP contribution in [-0.4, -0.2) is 0 Å². The largest absolute Gasteiger partial charge is 0.618 e. The first-order valence-electron chi connectivity index (χ1n) is 3.55. The van der Waals surface area contributed by atoms with Gasteiger partial charge in [-0.25, -0.2) is 0 Å². The van der Waals surface area contributed by atoms with Gasteiger partial charge in [0.1, 0.15) is 0 Å². The molecule has 2 rings (SSSR count). The molecule has 60 valence electrons. The molecule has 0 saturated carbocycles. The first-order chi connectivity index (χ1) is 5.77. The minimum atomic E-state index is 0.720. The highest BCUT2D eigenvalue weighted by atomic mass is 127. The monoisotopic (exact) mass is 271 g/mol. The topological polar surface area (TPSA) is 26.9 Å². The summed E-state index contributed by atoms with van der Waals surface area (Å²) in [6, 6.07) is 9.45. The molecule has 0 radical (unpaired) electrons. The number of nitrogens with zero attached hydrogens (tertiary/aromatic N) is 1. The van der Waals surface area contributed by atoms with Crippen LogP contribution in [0, 0.1) is 8.78 Å². The number of fused-ring (bicyclic) bond motifs is 1. The molecular formula is C9H6INO. The molecule has 0 unspecified atom stereocenters. The van der Waals surface area contributed by atoms with Gasteiger partial charge in [-0.2, -0.15) is 4.73 Å². The van der Waals surface area contributed by atoms with Gasteiger partial charge in [0, 0.05) is 21.1 Å². The van der Waals surface area contributed by atoms with Gasteiger partial charge in [-0.3, -0.25) is 0 Å². The molecule has 2 aromatic rings. The zero-order chi connectivity index (χ0) is 8.55. The van der Waals surface area contributed by atoms with E-state index in [9.17, 15) is 5.21 Å². The van der Waals surface area contributed by atoms with Crippen LogP contribution in [0.1, 0.15) is 0 Å². The van der Waals surface area contributed by atoms with E-state index in [1.54, 1.807) is 6.07 Å². The van der Waals surface area contributed by atoms with Crippen molar-refractivity contribution in [2.45, 2.75) is 0 Å². The van der Waals surface area contributed by atoms with Gasteiger partial charge in [0.2, 0.25) is 5.52 Å². The quantitative estimate of drug-likeness (QED) is 0.409. The van der Waals surface area contributed by atoms with Crippen molar-refractivity contribution in [1.82, 2.24) is 0 Å². The van der Waals surface area contributed by atoms with Crippen molar-refractivity contribution in [1.29, 1.82) is 0 Å². The molecule has 0 fully saturated rings. The Hall–Kier alpha value is -0.840. The van der Waals surface area contributed by atoms with E-state index >= 15 is 0 Å². The minimum Gasteiger partial charge on any atom is -0.618 e. The van der Waals surface area contributed by atoms with Gasteiger partial charge >= 0.3 is 0 Å². The summed E-state index contributed by atoms with van der Waals surface area (Å²) in [5.74, 6) is 0. The van der Waals surface area contributed by atoms with Crippen molar-refractivity contribution in [2.24, 2.45) is 0 Å². The summed E-state index contributed by atoms with van der Waals surface area (Å²) in [4.78, 5) is 0. The number of rotatable bonds is 0. The van der Waals surface area contributed by atoms with E-state index < -0.39 is 0 Å². The van der Waals surface area contributed by atoms with Gasteiger partial charge in [-0.05, 0) is 40.8 Å². The fourth-order valence-electron chi connectivity index (χ4n) is 1.16. The van der Waals surface area contributed by atoms with Gasteiger partial charge in [0.05, 0.1) is 0 Å². The molecule has 1 aromatic carbocycles. The van der Waals surface area contributed by atoms with E-state index in [-0.39, 0.29) is 0 Å². The molecule has 0 amide bonds. The summed E-state index contributed by atoms with van der Waals surface area (Å²) in [6.45, 7) is 0. The predicted molar refractivity (Wildman–Crippen MR) is 55.6 cm³/mol. The molecule has 0 N–H and O–H groups in total. The van der Waals surface area contributed by atoms with Crippen LogP contribution in [0.2, 0.25) is 0 Å². The van der Waals surface area contributed by atoms with Crippen molar-refractivity contribution >= 4 is 33.5 Å². The second-order valence-corrected chi connectivity index (χ2v) is 3.78. The van der Waals surface area contributed by atoms with Crippen LogP contribution in [0.5, 0.6) is 0 Å². The van der Waals surface area contributed by atoms with Crippen LogP contribution in [-0.2, 0) is 0 Å². The maximum Gasteiger partial charge on any atom is 0.223 e. The maximum absolute atomic E-state index is 11.2. The highest BCUT2D eigenvalue weighted by molar-refractivity contribution is 14.1. The fourth-order valence-corrected chi connectivity index (χ4v) is 1.68. The molecule has 0 aliphatic heterocycles. The summed E-state index contributed by atoms with van der Waals surface area (Å²) in [6.07, 6.45) is 1.51. The van der Waals surface area contributed by atoms with Gasteiger partial charge < -0.3 is 5.21 Å². The Morgan fingerprint density at radius 1 is 1.25 bits per heavy atom. The normalized spacial score (nSPS) is 10.4. The van der Waals surface area contributed by atoms with E-state index in [0.29, 0.717) is 0 Å². The third-order valence-electron chi connectivity index (χ3n) is 1.72. The average molecular weight is 271 g/mol. The average Bonchev–Trinajstić information content (AvgIpc) is 2.04. The van der Waals surface area contributed by atoms with E-state index in [0.717, 1.165) is 19.2 Å². The highest BCUT2D eigenvalue weighted by Crippen LogP contribution is 2.13. The third-order valence-corrected chi connectivity index (χ3v) is 2.40. The highest BCUT2D eigenvalue weighted by Gasteiger charge is 2.00. The van der Waals surface area contributed by atoms with Crippen LogP contribution in [0.15, 0.2) is 36.5 Å². The molecule has 0 bridgehead atoms. The molecule has 2 nitrogen and oxygen atoms in total. The second kappa shape index (κ2) is 2.90. The first kappa shape index (κ1) is 7.79. The lowest BCUT2D eigenvalue weighted by Gasteiger charge is -1.99. The van der Waals surface area contributed by atoms with Crippen LogP contribution in [0.25, 0.3) is 10.9 Å².